The minimum Gasteiger partial charge on any atom is -0.508 e. The van der Waals surface area contributed by atoms with Crippen LogP contribution in [-0.2, 0) is 0 Å². The fourth-order valence-electron chi connectivity index (χ4n) is 3.60. The van der Waals surface area contributed by atoms with E-state index >= 15 is 0 Å². The summed E-state index contributed by atoms with van der Waals surface area (Å²) in [5.41, 5.74) is 1.07. The minimum absolute atomic E-state index is 0.0864. The maximum atomic E-state index is 12.8. The van der Waals surface area contributed by atoms with E-state index in [1.54, 1.807) is 30.5 Å². The first-order chi connectivity index (χ1) is 12.5. The molecule has 3 aliphatic rings. The van der Waals surface area contributed by atoms with E-state index in [0.29, 0.717) is 11.1 Å². The molecule has 0 amide bonds. The first-order valence-corrected chi connectivity index (χ1v) is 8.63. The van der Waals surface area contributed by atoms with Gasteiger partial charge in [-0.15, -0.1) is 0 Å². The van der Waals surface area contributed by atoms with E-state index in [-0.39, 0.29) is 22.5 Å². The van der Waals surface area contributed by atoms with Crippen LogP contribution in [0.15, 0.2) is 59.0 Å². The number of likely N-dealkylation sites (N-methyl/N-ethyl adjacent to an activating group) is 1. The van der Waals surface area contributed by atoms with Gasteiger partial charge < -0.3 is 20.0 Å². The molecular formula is C20H20N2O4. The fourth-order valence-corrected chi connectivity index (χ4v) is 3.60. The highest BCUT2D eigenvalue weighted by Crippen LogP contribution is 2.37. The number of hydrogen-bond acceptors (Lipinski definition) is 6. The van der Waals surface area contributed by atoms with Crippen molar-refractivity contribution in [3.63, 3.8) is 0 Å². The van der Waals surface area contributed by atoms with Gasteiger partial charge >= 0.3 is 0 Å². The van der Waals surface area contributed by atoms with Gasteiger partial charge in [-0.05, 0) is 13.1 Å². The Balaban J connectivity index is 1.77. The van der Waals surface area contributed by atoms with Crippen LogP contribution in [0.25, 0.3) is 0 Å². The number of carbonyl (C=O) groups is 2. The lowest BCUT2D eigenvalue weighted by atomic mass is 9.77. The van der Waals surface area contributed by atoms with E-state index in [4.69, 9.17) is 0 Å². The molecule has 1 aliphatic heterocycles. The Morgan fingerprint density at radius 1 is 1.04 bits per heavy atom. The fraction of sp³-hybridized carbons (Fsp3) is 0.300. The molecule has 4 rings (SSSR count). The molecule has 26 heavy (non-hydrogen) atoms. The molecule has 6 heteroatoms. The van der Waals surface area contributed by atoms with Gasteiger partial charge in [-0.1, -0.05) is 24.3 Å². The molecular weight excluding hydrogens is 332 g/mol. The smallest absolute Gasteiger partial charge is 0.198 e. The molecule has 0 saturated carbocycles. The van der Waals surface area contributed by atoms with Crippen molar-refractivity contribution in [2.75, 3.05) is 33.2 Å². The van der Waals surface area contributed by atoms with Crippen molar-refractivity contribution in [1.29, 1.82) is 0 Å². The van der Waals surface area contributed by atoms with E-state index in [2.05, 4.69) is 9.80 Å². The van der Waals surface area contributed by atoms with Crippen molar-refractivity contribution in [3.8, 4) is 0 Å². The monoisotopic (exact) mass is 352 g/mol. The number of aliphatic hydroxyl groups excluding tert-OH is 2. The number of allylic oxidation sites excluding steroid dienone is 2. The van der Waals surface area contributed by atoms with Crippen molar-refractivity contribution >= 4 is 11.6 Å². The van der Waals surface area contributed by atoms with Gasteiger partial charge in [0, 0.05) is 54.7 Å². The number of aliphatic hydroxyl groups is 2. The molecule has 2 N–H and O–H groups in total. The van der Waals surface area contributed by atoms with Gasteiger partial charge in [-0.3, -0.25) is 9.59 Å². The first-order valence-electron chi connectivity index (χ1n) is 8.63. The van der Waals surface area contributed by atoms with Crippen LogP contribution in [0.4, 0.5) is 0 Å². The zero-order valence-corrected chi connectivity index (χ0v) is 14.5. The van der Waals surface area contributed by atoms with Gasteiger partial charge in [-0.2, -0.15) is 0 Å². The largest absolute Gasteiger partial charge is 0.508 e. The predicted octanol–water partition coefficient (Wildman–Crippen LogP) is 1.31. The van der Waals surface area contributed by atoms with Gasteiger partial charge in [0.2, 0.25) is 0 Å². The highest BCUT2D eigenvalue weighted by atomic mass is 16.3. The molecule has 1 unspecified atom stereocenters. The second kappa shape index (κ2) is 6.23. The molecule has 1 aromatic carbocycles. The number of ketones is 2. The number of piperazine rings is 1. The molecule has 6 nitrogen and oxygen atoms in total. The van der Waals surface area contributed by atoms with Gasteiger partial charge in [0.05, 0.1) is 5.57 Å². The summed E-state index contributed by atoms with van der Waals surface area (Å²) in [7, 11) is 2.05. The van der Waals surface area contributed by atoms with Crippen molar-refractivity contribution in [1.82, 2.24) is 9.80 Å². The maximum absolute atomic E-state index is 12.8. The Bertz CT molecular complexity index is 889. The average Bonchev–Trinajstić information content (AvgIpc) is 2.65. The zero-order chi connectivity index (χ0) is 18.4. The molecule has 0 bridgehead atoms. The summed E-state index contributed by atoms with van der Waals surface area (Å²) in [6, 6.07) is 6.56. The summed E-state index contributed by atoms with van der Waals surface area (Å²) in [6.45, 7) is 3.38. The van der Waals surface area contributed by atoms with Crippen LogP contribution in [0.1, 0.15) is 20.7 Å². The van der Waals surface area contributed by atoms with Gasteiger partial charge in [-0.25, -0.2) is 0 Å². The second-order valence-electron chi connectivity index (χ2n) is 6.89. The Morgan fingerprint density at radius 3 is 2.31 bits per heavy atom. The van der Waals surface area contributed by atoms with Crippen LogP contribution in [0, 0.1) is 0 Å². The maximum Gasteiger partial charge on any atom is 0.198 e. The standard InChI is InChI=1S/C20H20N2O4/c1-21-6-8-22(9-7-21)11-12-10-15-16(20(26)17(12)23)19(25)14-5-3-2-4-13(14)18(15)24/h2-5,10-11,17,23,26H,6-9H2,1H3. The predicted molar refractivity (Wildman–Crippen MR) is 96.0 cm³/mol. The number of hydrogen-bond donors (Lipinski definition) is 2. The lowest BCUT2D eigenvalue weighted by Gasteiger charge is -2.33. The third kappa shape index (κ3) is 2.58. The van der Waals surface area contributed by atoms with Crippen molar-refractivity contribution in [2.45, 2.75) is 6.10 Å². The average molecular weight is 352 g/mol. The van der Waals surface area contributed by atoms with E-state index in [9.17, 15) is 19.8 Å². The van der Waals surface area contributed by atoms with Crippen molar-refractivity contribution < 1.29 is 19.8 Å². The number of rotatable bonds is 1. The van der Waals surface area contributed by atoms with Crippen LogP contribution in [-0.4, -0.2) is 70.9 Å². The molecule has 0 aromatic heterocycles. The summed E-state index contributed by atoms with van der Waals surface area (Å²) in [4.78, 5) is 29.8. The number of benzene rings is 1. The highest BCUT2D eigenvalue weighted by Gasteiger charge is 2.39. The lowest BCUT2D eigenvalue weighted by molar-refractivity contribution is 0.0956. The SMILES string of the molecule is CN1CCN(C=C2C=C3C(=O)c4ccccc4C(=O)C3=C(O)C2O)CC1. The number of nitrogens with zero attached hydrogens (tertiary/aromatic N) is 2. The van der Waals surface area contributed by atoms with E-state index in [1.807, 2.05) is 7.05 Å². The Morgan fingerprint density at radius 2 is 1.65 bits per heavy atom. The van der Waals surface area contributed by atoms with E-state index < -0.39 is 17.6 Å². The Kier molecular flexibility index (Phi) is 4.01. The molecule has 1 fully saturated rings. The highest BCUT2D eigenvalue weighted by molar-refractivity contribution is 6.31. The molecule has 0 spiro atoms. The molecule has 1 saturated heterocycles. The molecule has 1 atom stereocenters. The lowest BCUT2D eigenvalue weighted by Crippen LogP contribution is -2.42. The Labute approximate surface area is 151 Å². The molecule has 0 radical (unpaired) electrons. The third-order valence-corrected chi connectivity index (χ3v) is 5.17. The van der Waals surface area contributed by atoms with Gasteiger partial charge in [0.15, 0.2) is 11.6 Å². The molecule has 2 aliphatic carbocycles. The number of fused-ring (bicyclic) bond motifs is 2. The zero-order valence-electron chi connectivity index (χ0n) is 14.5. The minimum atomic E-state index is -1.31. The quantitative estimate of drug-likeness (QED) is 0.793. The topological polar surface area (TPSA) is 81.1 Å². The van der Waals surface area contributed by atoms with Gasteiger partial charge in [0.25, 0.3) is 0 Å². The molecule has 134 valence electrons. The molecule has 1 aromatic rings. The van der Waals surface area contributed by atoms with Gasteiger partial charge in [0.1, 0.15) is 11.9 Å². The second-order valence-corrected chi connectivity index (χ2v) is 6.89. The normalized spacial score (nSPS) is 25.3. The van der Waals surface area contributed by atoms with Crippen LogP contribution in [0.3, 0.4) is 0 Å². The summed E-state index contributed by atoms with van der Waals surface area (Å²) < 4.78 is 0. The van der Waals surface area contributed by atoms with Crippen molar-refractivity contribution in [3.05, 3.63) is 70.1 Å². The van der Waals surface area contributed by atoms with Crippen molar-refractivity contribution in [2.24, 2.45) is 0 Å². The Hall–Kier alpha value is -2.70. The summed E-state index contributed by atoms with van der Waals surface area (Å²) >= 11 is 0. The first kappa shape index (κ1) is 16.8. The summed E-state index contributed by atoms with van der Waals surface area (Å²) in [5, 5.41) is 21.0. The van der Waals surface area contributed by atoms with E-state index in [1.165, 1.54) is 6.08 Å². The number of carbonyl (C=O) groups excluding carboxylic acids is 2. The van der Waals surface area contributed by atoms with E-state index in [0.717, 1.165) is 26.2 Å². The van der Waals surface area contributed by atoms with Crippen LogP contribution < -0.4 is 0 Å². The summed E-state index contributed by atoms with van der Waals surface area (Å²) in [5.74, 6) is -1.18. The third-order valence-electron chi connectivity index (χ3n) is 5.17. The molecule has 1 heterocycles. The van der Waals surface area contributed by atoms with Crippen LogP contribution >= 0.6 is 0 Å². The number of Topliss-reactive ketones (excluding diaryl/α,β-unsaturated/α-hetero) is 2. The van der Waals surface area contributed by atoms with Crippen LogP contribution in [0.5, 0.6) is 0 Å². The van der Waals surface area contributed by atoms with Crippen LogP contribution in [0.2, 0.25) is 0 Å². The summed E-state index contributed by atoms with van der Waals surface area (Å²) in [6.07, 6.45) is 2.00.